The number of rotatable bonds is 3. The minimum absolute atomic E-state index is 0.136. The van der Waals surface area contributed by atoms with Gasteiger partial charge >= 0.3 is 0 Å². The summed E-state index contributed by atoms with van der Waals surface area (Å²) in [5, 5.41) is 15.4. The van der Waals surface area contributed by atoms with E-state index in [-0.39, 0.29) is 5.76 Å². The lowest BCUT2D eigenvalue weighted by atomic mass is 10.1. The topological polar surface area (TPSA) is 80.9 Å². The van der Waals surface area contributed by atoms with Gasteiger partial charge in [-0.3, -0.25) is 10.1 Å². The second kappa shape index (κ2) is 5.22. The van der Waals surface area contributed by atoms with E-state index in [1.54, 1.807) is 6.07 Å². The van der Waals surface area contributed by atoms with E-state index in [4.69, 9.17) is 4.52 Å². The highest BCUT2D eigenvalue weighted by Crippen LogP contribution is 2.20. The predicted octanol–water partition coefficient (Wildman–Crippen LogP) is 2.75. The highest BCUT2D eigenvalue weighted by molar-refractivity contribution is 7.15. The smallest absolute Gasteiger partial charge is 0.296 e. The highest BCUT2D eigenvalue weighted by Gasteiger charge is 2.15. The van der Waals surface area contributed by atoms with Crippen LogP contribution in [-0.2, 0) is 0 Å². The number of aromatic nitrogens is 3. The fourth-order valence-electron chi connectivity index (χ4n) is 1.63. The van der Waals surface area contributed by atoms with Crippen molar-refractivity contribution in [1.29, 1.82) is 0 Å². The first kappa shape index (κ1) is 12.5. The van der Waals surface area contributed by atoms with Crippen LogP contribution in [0.15, 0.2) is 40.9 Å². The Morgan fingerprint density at radius 1 is 1.25 bits per heavy atom. The molecule has 20 heavy (non-hydrogen) atoms. The molecule has 0 spiro atoms. The average molecular weight is 286 g/mol. The molecule has 1 N–H and O–H groups in total. The number of nitrogens with one attached hydrogen (secondary N) is 1. The van der Waals surface area contributed by atoms with E-state index in [1.165, 1.54) is 11.3 Å². The molecule has 7 heteroatoms. The summed E-state index contributed by atoms with van der Waals surface area (Å²) in [4.78, 5) is 12.0. The lowest BCUT2D eigenvalue weighted by Crippen LogP contribution is -2.10. The van der Waals surface area contributed by atoms with Gasteiger partial charge in [-0.2, -0.15) is 0 Å². The summed E-state index contributed by atoms with van der Waals surface area (Å²) in [5.74, 6) is -0.257. The van der Waals surface area contributed by atoms with Crippen LogP contribution in [0.25, 0.3) is 11.3 Å². The van der Waals surface area contributed by atoms with Crippen molar-refractivity contribution in [3.05, 3.63) is 47.2 Å². The summed E-state index contributed by atoms with van der Waals surface area (Å²) in [7, 11) is 0. The maximum absolute atomic E-state index is 12.0. The molecule has 0 radical (unpaired) electrons. The Morgan fingerprint density at radius 2 is 2.05 bits per heavy atom. The third-order valence-electron chi connectivity index (χ3n) is 2.55. The summed E-state index contributed by atoms with van der Waals surface area (Å²) in [6.45, 7) is 1.81. The molecule has 2 heterocycles. The zero-order valence-corrected chi connectivity index (χ0v) is 11.3. The van der Waals surface area contributed by atoms with E-state index in [9.17, 15) is 4.79 Å². The number of aryl methyl sites for hydroxylation is 1. The second-order valence-electron chi connectivity index (χ2n) is 4.02. The molecular weight excluding hydrogens is 276 g/mol. The molecule has 0 saturated carbocycles. The molecule has 0 aliphatic rings. The van der Waals surface area contributed by atoms with Crippen molar-refractivity contribution < 1.29 is 9.32 Å². The van der Waals surface area contributed by atoms with Crippen molar-refractivity contribution in [2.75, 3.05) is 5.32 Å². The first-order valence-electron chi connectivity index (χ1n) is 5.86. The molecule has 0 saturated heterocycles. The molecule has 2 aromatic heterocycles. The molecule has 0 bridgehead atoms. The Morgan fingerprint density at radius 3 is 2.75 bits per heavy atom. The van der Waals surface area contributed by atoms with Gasteiger partial charge in [0.25, 0.3) is 5.91 Å². The molecule has 3 aromatic rings. The van der Waals surface area contributed by atoms with Crippen molar-refractivity contribution in [3.8, 4) is 11.3 Å². The van der Waals surface area contributed by atoms with Gasteiger partial charge in [-0.1, -0.05) is 46.8 Å². The molecule has 0 aliphatic heterocycles. The fraction of sp³-hybridized carbons (Fsp3) is 0.0769. The van der Waals surface area contributed by atoms with Crippen LogP contribution in [-0.4, -0.2) is 21.3 Å². The molecule has 0 aliphatic carbocycles. The van der Waals surface area contributed by atoms with Gasteiger partial charge in [0.05, 0.1) is 0 Å². The third kappa shape index (κ3) is 2.57. The van der Waals surface area contributed by atoms with Crippen molar-refractivity contribution in [1.82, 2.24) is 15.4 Å². The Labute approximate surface area is 118 Å². The van der Waals surface area contributed by atoms with Gasteiger partial charge in [-0.05, 0) is 6.92 Å². The van der Waals surface area contributed by atoms with Crippen LogP contribution in [0.4, 0.5) is 5.13 Å². The minimum Gasteiger partial charge on any atom is -0.350 e. The third-order valence-corrected chi connectivity index (χ3v) is 3.30. The molecular formula is C13H10N4O2S. The van der Waals surface area contributed by atoms with Crippen LogP contribution >= 0.6 is 11.3 Å². The number of amides is 1. The second-order valence-corrected chi connectivity index (χ2v) is 5.20. The lowest BCUT2D eigenvalue weighted by Gasteiger charge is -1.94. The fourth-order valence-corrected chi connectivity index (χ4v) is 2.22. The molecule has 1 amide bonds. The molecule has 0 fully saturated rings. The molecule has 6 nitrogen and oxygen atoms in total. The van der Waals surface area contributed by atoms with Crippen LogP contribution in [0.1, 0.15) is 15.6 Å². The molecule has 0 atom stereocenters. The van der Waals surface area contributed by atoms with E-state index in [0.717, 1.165) is 10.6 Å². The lowest BCUT2D eigenvalue weighted by molar-refractivity contribution is 0.0988. The van der Waals surface area contributed by atoms with Crippen LogP contribution < -0.4 is 5.32 Å². The Hall–Kier alpha value is -2.54. The number of anilines is 1. The van der Waals surface area contributed by atoms with Gasteiger partial charge in [0, 0.05) is 11.6 Å². The number of carbonyl (C=O) groups is 1. The number of carbonyl (C=O) groups excluding carboxylic acids is 1. The first-order valence-corrected chi connectivity index (χ1v) is 6.67. The summed E-state index contributed by atoms with van der Waals surface area (Å²) < 4.78 is 5.05. The zero-order chi connectivity index (χ0) is 13.9. The SMILES string of the molecule is Cc1nnc(NC(=O)c2cc(-c3ccccc3)no2)s1. The Kier molecular flexibility index (Phi) is 3.26. The molecule has 1 aromatic carbocycles. The van der Waals surface area contributed by atoms with Crippen LogP contribution in [0.2, 0.25) is 0 Å². The number of hydrogen-bond donors (Lipinski definition) is 1. The maximum Gasteiger partial charge on any atom is 0.296 e. The summed E-state index contributed by atoms with van der Waals surface area (Å²) >= 11 is 1.30. The van der Waals surface area contributed by atoms with Gasteiger partial charge < -0.3 is 4.52 Å². The van der Waals surface area contributed by atoms with Gasteiger partial charge in [-0.15, -0.1) is 10.2 Å². The van der Waals surface area contributed by atoms with Gasteiger partial charge in [0.2, 0.25) is 10.9 Å². The summed E-state index contributed by atoms with van der Waals surface area (Å²) in [5.41, 5.74) is 1.51. The Bertz CT molecular complexity index is 736. The quantitative estimate of drug-likeness (QED) is 0.800. The number of benzene rings is 1. The Balaban J connectivity index is 1.78. The van der Waals surface area contributed by atoms with Gasteiger partial charge in [0.1, 0.15) is 10.7 Å². The van der Waals surface area contributed by atoms with Crippen molar-refractivity contribution in [2.45, 2.75) is 6.92 Å². The minimum atomic E-state index is -0.393. The van der Waals surface area contributed by atoms with Crippen molar-refractivity contribution in [3.63, 3.8) is 0 Å². The normalized spacial score (nSPS) is 10.4. The first-order chi connectivity index (χ1) is 9.72. The molecule has 3 rings (SSSR count). The highest BCUT2D eigenvalue weighted by atomic mass is 32.1. The van der Waals surface area contributed by atoms with Crippen LogP contribution in [0, 0.1) is 6.92 Å². The number of nitrogens with zero attached hydrogens (tertiary/aromatic N) is 3. The average Bonchev–Trinajstić information content (AvgIpc) is 3.09. The van der Waals surface area contributed by atoms with Crippen LogP contribution in [0.5, 0.6) is 0 Å². The zero-order valence-electron chi connectivity index (χ0n) is 10.5. The van der Waals surface area contributed by atoms with E-state index < -0.39 is 5.91 Å². The van der Waals surface area contributed by atoms with E-state index >= 15 is 0 Å². The van der Waals surface area contributed by atoms with Gasteiger partial charge in [0.15, 0.2) is 0 Å². The van der Waals surface area contributed by atoms with E-state index in [1.807, 2.05) is 37.3 Å². The van der Waals surface area contributed by atoms with E-state index in [2.05, 4.69) is 20.7 Å². The van der Waals surface area contributed by atoms with Crippen LogP contribution in [0.3, 0.4) is 0 Å². The van der Waals surface area contributed by atoms with Gasteiger partial charge in [-0.25, -0.2) is 0 Å². The molecule has 100 valence electrons. The predicted molar refractivity (Wildman–Crippen MR) is 74.5 cm³/mol. The van der Waals surface area contributed by atoms with Crippen molar-refractivity contribution in [2.24, 2.45) is 0 Å². The monoisotopic (exact) mass is 286 g/mol. The van der Waals surface area contributed by atoms with Crippen molar-refractivity contribution >= 4 is 22.4 Å². The number of hydrogen-bond acceptors (Lipinski definition) is 6. The molecule has 0 unspecified atom stereocenters. The summed E-state index contributed by atoms with van der Waals surface area (Å²) in [6, 6.07) is 11.1. The standard InChI is InChI=1S/C13H10N4O2S/c1-8-15-16-13(20-8)14-12(18)11-7-10(17-19-11)9-5-3-2-4-6-9/h2-7H,1H3,(H,14,16,18). The summed E-state index contributed by atoms with van der Waals surface area (Å²) in [6.07, 6.45) is 0. The largest absolute Gasteiger partial charge is 0.350 e. The maximum atomic E-state index is 12.0. The van der Waals surface area contributed by atoms with E-state index in [0.29, 0.717) is 10.8 Å².